The molecule has 74 valence electrons. The lowest BCUT2D eigenvalue weighted by atomic mass is 9.97. The van der Waals surface area contributed by atoms with Crippen molar-refractivity contribution in [1.82, 2.24) is 0 Å². The summed E-state index contributed by atoms with van der Waals surface area (Å²) in [6.45, 7) is 4.03. The van der Waals surface area contributed by atoms with Gasteiger partial charge in [0, 0.05) is 0 Å². The zero-order valence-electron chi connectivity index (χ0n) is 8.45. The Labute approximate surface area is 84.5 Å². The number of rotatable bonds is 2. The van der Waals surface area contributed by atoms with Crippen LogP contribution in [0.3, 0.4) is 0 Å². The second-order valence-corrected chi connectivity index (χ2v) is 3.10. The van der Waals surface area contributed by atoms with E-state index in [4.69, 9.17) is 4.74 Å². The third kappa shape index (κ3) is 2.79. The predicted molar refractivity (Wildman–Crippen MR) is 55.4 cm³/mol. The number of aliphatic hydroxyl groups is 1. The average Bonchev–Trinajstić information content (AvgIpc) is 2.19. The molecule has 2 heteroatoms. The van der Waals surface area contributed by atoms with E-state index >= 15 is 0 Å². The first-order valence-corrected chi connectivity index (χ1v) is 4.58. The maximum Gasteiger partial charge on any atom is 0.151 e. The van der Waals surface area contributed by atoms with Crippen molar-refractivity contribution < 1.29 is 9.84 Å². The first-order valence-electron chi connectivity index (χ1n) is 4.58. The monoisotopic (exact) mass is 190 g/mol. The van der Waals surface area contributed by atoms with Gasteiger partial charge in [-0.1, -0.05) is 30.3 Å². The van der Waals surface area contributed by atoms with Crippen LogP contribution in [-0.2, 0) is 10.3 Å². The van der Waals surface area contributed by atoms with Gasteiger partial charge in [-0.05, 0) is 25.3 Å². The van der Waals surface area contributed by atoms with Crippen LogP contribution in [0.25, 0.3) is 0 Å². The zero-order chi connectivity index (χ0) is 10.4. The highest BCUT2D eigenvalue weighted by molar-refractivity contribution is 5.29. The Kier molecular flexibility index (Phi) is 3.55. The van der Waals surface area contributed by atoms with Crippen LogP contribution >= 0.6 is 0 Å². The van der Waals surface area contributed by atoms with Crippen molar-refractivity contribution in [2.45, 2.75) is 19.4 Å². The number of ether oxygens (including phenoxy) is 1. The maximum absolute atomic E-state index is 9.96. The zero-order valence-corrected chi connectivity index (χ0v) is 8.45. The van der Waals surface area contributed by atoms with Gasteiger partial charge in [0.05, 0.1) is 6.61 Å². The van der Waals surface area contributed by atoms with E-state index in [1.165, 1.54) is 0 Å². The van der Waals surface area contributed by atoms with Crippen molar-refractivity contribution in [2.75, 3.05) is 6.61 Å². The van der Waals surface area contributed by atoms with E-state index in [2.05, 4.69) is 12.0 Å². The number of hydrogen-bond acceptors (Lipinski definition) is 2. The molecule has 0 aromatic heterocycles. The summed E-state index contributed by atoms with van der Waals surface area (Å²) in [7, 11) is 0. The lowest BCUT2D eigenvalue weighted by Crippen LogP contribution is -2.18. The molecule has 0 spiro atoms. The van der Waals surface area contributed by atoms with E-state index in [0.717, 1.165) is 5.56 Å². The summed E-state index contributed by atoms with van der Waals surface area (Å²) in [5, 5.41) is 9.96. The fourth-order valence-corrected chi connectivity index (χ4v) is 1.04. The van der Waals surface area contributed by atoms with Crippen molar-refractivity contribution >= 4 is 0 Å². The molecule has 1 N–H and O–H groups in total. The molecule has 1 aromatic rings. The predicted octanol–water partition coefficient (Wildman–Crippen LogP) is 1.89. The third-order valence-electron chi connectivity index (χ3n) is 1.85. The van der Waals surface area contributed by atoms with Crippen molar-refractivity contribution in [3.8, 4) is 12.0 Å². The minimum atomic E-state index is -1.14. The van der Waals surface area contributed by atoms with Crippen LogP contribution in [0.1, 0.15) is 19.4 Å². The topological polar surface area (TPSA) is 29.5 Å². The molecule has 0 heterocycles. The van der Waals surface area contributed by atoms with Gasteiger partial charge in [-0.2, -0.15) is 0 Å². The van der Waals surface area contributed by atoms with Crippen LogP contribution in [0, 0.1) is 12.0 Å². The first-order chi connectivity index (χ1) is 6.67. The highest BCUT2D eigenvalue weighted by Gasteiger charge is 2.19. The molecular weight excluding hydrogens is 176 g/mol. The standard InChI is InChI=1S/C12H14O2/c1-3-14-10-9-12(2,13)11-7-5-4-6-8-11/h4-8,13H,3H2,1-2H3. The highest BCUT2D eigenvalue weighted by Crippen LogP contribution is 2.18. The van der Waals surface area contributed by atoms with Gasteiger partial charge in [-0.25, -0.2) is 0 Å². The van der Waals surface area contributed by atoms with Crippen LogP contribution in [0.4, 0.5) is 0 Å². The number of benzene rings is 1. The molecule has 1 rings (SSSR count). The lowest BCUT2D eigenvalue weighted by molar-refractivity contribution is 0.120. The molecule has 0 fully saturated rings. The van der Waals surface area contributed by atoms with E-state index in [1.54, 1.807) is 6.92 Å². The Morgan fingerprint density at radius 3 is 2.57 bits per heavy atom. The van der Waals surface area contributed by atoms with Crippen molar-refractivity contribution in [2.24, 2.45) is 0 Å². The van der Waals surface area contributed by atoms with E-state index < -0.39 is 5.60 Å². The molecule has 0 radical (unpaired) electrons. The SMILES string of the molecule is CCOC#CC(C)(O)c1ccccc1. The van der Waals surface area contributed by atoms with Crippen LogP contribution in [0.15, 0.2) is 30.3 Å². The Bertz CT molecular complexity index is 330. The van der Waals surface area contributed by atoms with Crippen LogP contribution < -0.4 is 0 Å². The van der Waals surface area contributed by atoms with Crippen LogP contribution in [0.5, 0.6) is 0 Å². The van der Waals surface area contributed by atoms with Gasteiger partial charge in [0.15, 0.2) is 5.60 Å². The molecular formula is C12H14O2. The molecule has 0 saturated heterocycles. The summed E-state index contributed by atoms with van der Waals surface area (Å²) < 4.78 is 4.87. The molecule has 0 aliphatic rings. The van der Waals surface area contributed by atoms with Crippen LogP contribution in [0.2, 0.25) is 0 Å². The van der Waals surface area contributed by atoms with Crippen LogP contribution in [-0.4, -0.2) is 11.7 Å². The summed E-state index contributed by atoms with van der Waals surface area (Å²) in [6.07, 6.45) is 2.47. The molecule has 1 atom stereocenters. The minimum Gasteiger partial charge on any atom is -0.447 e. The molecule has 0 amide bonds. The molecule has 1 aromatic carbocycles. The summed E-state index contributed by atoms with van der Waals surface area (Å²) in [6, 6.07) is 9.30. The van der Waals surface area contributed by atoms with Gasteiger partial charge < -0.3 is 9.84 Å². The summed E-state index contributed by atoms with van der Waals surface area (Å²) in [4.78, 5) is 0. The highest BCUT2D eigenvalue weighted by atomic mass is 16.5. The normalized spacial score (nSPS) is 13.6. The van der Waals surface area contributed by atoms with Crippen molar-refractivity contribution in [1.29, 1.82) is 0 Å². The summed E-state index contributed by atoms with van der Waals surface area (Å²) in [5.41, 5.74) is -0.372. The smallest absolute Gasteiger partial charge is 0.151 e. The van der Waals surface area contributed by atoms with Gasteiger partial charge in [0.2, 0.25) is 0 Å². The Balaban J connectivity index is 2.82. The van der Waals surface area contributed by atoms with Gasteiger partial charge in [-0.15, -0.1) is 0 Å². The Morgan fingerprint density at radius 1 is 1.36 bits per heavy atom. The molecule has 14 heavy (non-hydrogen) atoms. The maximum atomic E-state index is 9.96. The molecule has 1 unspecified atom stereocenters. The summed E-state index contributed by atoms with van der Waals surface area (Å²) in [5.74, 6) is 2.66. The van der Waals surface area contributed by atoms with E-state index in [9.17, 15) is 5.11 Å². The first kappa shape index (κ1) is 10.6. The molecule has 0 bridgehead atoms. The average molecular weight is 190 g/mol. The van der Waals surface area contributed by atoms with Crippen molar-refractivity contribution in [3.05, 3.63) is 35.9 Å². The fourth-order valence-electron chi connectivity index (χ4n) is 1.04. The fraction of sp³-hybridized carbons (Fsp3) is 0.333. The second kappa shape index (κ2) is 4.69. The van der Waals surface area contributed by atoms with E-state index in [-0.39, 0.29) is 0 Å². The van der Waals surface area contributed by atoms with Crippen molar-refractivity contribution in [3.63, 3.8) is 0 Å². The van der Waals surface area contributed by atoms with Gasteiger partial charge in [-0.3, -0.25) is 0 Å². The quantitative estimate of drug-likeness (QED) is 0.722. The van der Waals surface area contributed by atoms with Gasteiger partial charge in [0.25, 0.3) is 0 Å². The largest absolute Gasteiger partial charge is 0.447 e. The second-order valence-electron chi connectivity index (χ2n) is 3.10. The number of hydrogen-bond donors (Lipinski definition) is 1. The van der Waals surface area contributed by atoms with Gasteiger partial charge >= 0.3 is 0 Å². The molecule has 0 saturated carbocycles. The Hall–Kier alpha value is -1.46. The van der Waals surface area contributed by atoms with E-state index in [1.807, 2.05) is 37.3 Å². The van der Waals surface area contributed by atoms with E-state index in [0.29, 0.717) is 6.61 Å². The molecule has 2 nitrogen and oxygen atoms in total. The lowest BCUT2D eigenvalue weighted by Gasteiger charge is -2.15. The minimum absolute atomic E-state index is 0.526. The Morgan fingerprint density at radius 2 is 2.00 bits per heavy atom. The molecule has 0 aliphatic carbocycles. The van der Waals surface area contributed by atoms with Gasteiger partial charge in [0.1, 0.15) is 6.11 Å². The molecule has 0 aliphatic heterocycles. The summed E-state index contributed by atoms with van der Waals surface area (Å²) >= 11 is 0. The third-order valence-corrected chi connectivity index (χ3v) is 1.85.